The number of nitrogens with zero attached hydrogens (tertiary/aromatic N) is 2. The Balaban J connectivity index is 1.59. The predicted molar refractivity (Wildman–Crippen MR) is 98.6 cm³/mol. The molecule has 7 heteroatoms. The summed E-state index contributed by atoms with van der Waals surface area (Å²) in [5.74, 6) is 0.149. The average Bonchev–Trinajstić information content (AvgIpc) is 3.27. The Kier molecular flexibility index (Phi) is 5.01. The number of halogens is 1. The van der Waals surface area contributed by atoms with Crippen molar-refractivity contribution in [2.24, 2.45) is 0 Å². The lowest BCUT2D eigenvalue weighted by Gasteiger charge is -2.16. The molecule has 1 aromatic heterocycles. The van der Waals surface area contributed by atoms with Gasteiger partial charge in [-0.25, -0.2) is 4.98 Å². The minimum absolute atomic E-state index is 0.00496. The molecule has 0 spiro atoms. The maximum atomic E-state index is 12.4. The summed E-state index contributed by atoms with van der Waals surface area (Å²) in [6, 6.07) is 5.64. The van der Waals surface area contributed by atoms with Gasteiger partial charge in [0, 0.05) is 23.1 Å². The first kappa shape index (κ1) is 17.1. The van der Waals surface area contributed by atoms with Gasteiger partial charge in [-0.1, -0.05) is 15.9 Å². The quantitative estimate of drug-likeness (QED) is 0.819. The number of carbonyl (C=O) groups excluding carboxylic acids is 2. The summed E-state index contributed by atoms with van der Waals surface area (Å²) in [7, 11) is 1.63. The normalized spacial score (nSPS) is 13.6. The molecule has 0 saturated heterocycles. The highest BCUT2D eigenvalue weighted by molar-refractivity contribution is 9.10. The second-order valence-corrected chi connectivity index (χ2v) is 7.98. The molecule has 24 heavy (non-hydrogen) atoms. The van der Waals surface area contributed by atoms with E-state index in [1.165, 1.54) is 16.2 Å². The lowest BCUT2D eigenvalue weighted by atomic mass is 10.2. The van der Waals surface area contributed by atoms with Gasteiger partial charge in [0.2, 0.25) is 5.91 Å². The SMILES string of the molecule is Cc1cc(Br)ccc1NC(=O)CN(C)C(=O)c1cnc(C2CC2)s1. The maximum absolute atomic E-state index is 12.4. The lowest BCUT2D eigenvalue weighted by molar-refractivity contribution is -0.116. The third-order valence-electron chi connectivity index (χ3n) is 3.85. The highest BCUT2D eigenvalue weighted by atomic mass is 79.9. The molecule has 2 amide bonds. The van der Waals surface area contributed by atoms with Crippen LogP contribution in [0.5, 0.6) is 0 Å². The number of carbonyl (C=O) groups is 2. The highest BCUT2D eigenvalue weighted by Gasteiger charge is 2.28. The Morgan fingerprint density at radius 2 is 2.17 bits per heavy atom. The summed E-state index contributed by atoms with van der Waals surface area (Å²) in [5.41, 5.74) is 1.71. The average molecular weight is 408 g/mol. The van der Waals surface area contributed by atoms with E-state index in [1.807, 2.05) is 25.1 Å². The van der Waals surface area contributed by atoms with Crippen LogP contribution in [-0.2, 0) is 4.79 Å². The molecule has 2 aromatic rings. The number of amides is 2. The number of likely N-dealkylation sites (N-methyl/N-ethyl adjacent to an activating group) is 1. The van der Waals surface area contributed by atoms with Crippen molar-refractivity contribution >= 4 is 44.8 Å². The fourth-order valence-corrected chi connectivity index (χ4v) is 3.90. The maximum Gasteiger partial charge on any atom is 0.265 e. The molecular formula is C17H18BrN3O2S. The summed E-state index contributed by atoms with van der Waals surface area (Å²) in [5, 5.41) is 3.87. The first-order valence-corrected chi connectivity index (χ1v) is 9.32. The number of nitrogens with one attached hydrogen (secondary N) is 1. The molecule has 0 aliphatic heterocycles. The molecule has 126 valence electrons. The van der Waals surface area contributed by atoms with Gasteiger partial charge in [-0.2, -0.15) is 0 Å². The predicted octanol–water partition coefficient (Wildman–Crippen LogP) is 3.80. The van der Waals surface area contributed by atoms with Crippen LogP contribution < -0.4 is 5.32 Å². The van der Waals surface area contributed by atoms with Crippen LogP contribution in [0.3, 0.4) is 0 Å². The summed E-state index contributed by atoms with van der Waals surface area (Å²) in [6.45, 7) is 1.93. The first-order chi connectivity index (χ1) is 11.4. The van der Waals surface area contributed by atoms with E-state index in [9.17, 15) is 9.59 Å². The number of hydrogen-bond acceptors (Lipinski definition) is 4. The number of aromatic nitrogens is 1. The molecule has 3 rings (SSSR count). The van der Waals surface area contributed by atoms with E-state index in [1.54, 1.807) is 13.2 Å². The number of anilines is 1. The van der Waals surface area contributed by atoms with Crippen LogP contribution in [0.25, 0.3) is 0 Å². The molecule has 1 aliphatic rings. The Morgan fingerprint density at radius 1 is 1.42 bits per heavy atom. The monoisotopic (exact) mass is 407 g/mol. The Morgan fingerprint density at radius 3 is 2.83 bits per heavy atom. The van der Waals surface area contributed by atoms with Gasteiger partial charge in [0.15, 0.2) is 0 Å². The Bertz CT molecular complexity index is 786. The van der Waals surface area contributed by atoms with Crippen molar-refractivity contribution in [3.05, 3.63) is 44.3 Å². The van der Waals surface area contributed by atoms with E-state index in [2.05, 4.69) is 26.2 Å². The van der Waals surface area contributed by atoms with Gasteiger partial charge in [-0.15, -0.1) is 11.3 Å². The molecule has 1 heterocycles. The summed E-state index contributed by atoms with van der Waals surface area (Å²) in [6.07, 6.45) is 3.94. The van der Waals surface area contributed by atoms with Crippen LogP contribution in [0.4, 0.5) is 5.69 Å². The highest BCUT2D eigenvalue weighted by Crippen LogP contribution is 2.41. The van der Waals surface area contributed by atoms with Crippen molar-refractivity contribution in [3.8, 4) is 0 Å². The lowest BCUT2D eigenvalue weighted by Crippen LogP contribution is -2.34. The molecule has 1 aromatic carbocycles. The summed E-state index contributed by atoms with van der Waals surface area (Å²) < 4.78 is 0.960. The van der Waals surface area contributed by atoms with E-state index in [0.717, 1.165) is 33.6 Å². The minimum Gasteiger partial charge on any atom is -0.332 e. The third kappa shape index (κ3) is 4.02. The van der Waals surface area contributed by atoms with E-state index in [4.69, 9.17) is 0 Å². The van der Waals surface area contributed by atoms with Gasteiger partial charge in [-0.05, 0) is 43.5 Å². The summed E-state index contributed by atoms with van der Waals surface area (Å²) >= 11 is 4.83. The number of benzene rings is 1. The number of rotatable bonds is 5. The molecule has 1 saturated carbocycles. The van der Waals surface area contributed by atoms with Gasteiger partial charge in [0.1, 0.15) is 4.88 Å². The number of aryl methyl sites for hydroxylation is 1. The fourth-order valence-electron chi connectivity index (χ4n) is 2.34. The van der Waals surface area contributed by atoms with Crippen LogP contribution in [0.1, 0.15) is 39.0 Å². The molecular weight excluding hydrogens is 390 g/mol. The smallest absolute Gasteiger partial charge is 0.265 e. The number of hydrogen-bond donors (Lipinski definition) is 1. The van der Waals surface area contributed by atoms with Crippen LogP contribution in [0.2, 0.25) is 0 Å². The van der Waals surface area contributed by atoms with Crippen LogP contribution in [0.15, 0.2) is 28.9 Å². The molecule has 0 bridgehead atoms. The fraction of sp³-hybridized carbons (Fsp3) is 0.353. The van der Waals surface area contributed by atoms with Crippen molar-refractivity contribution < 1.29 is 9.59 Å². The van der Waals surface area contributed by atoms with Crippen LogP contribution >= 0.6 is 27.3 Å². The van der Waals surface area contributed by atoms with E-state index in [0.29, 0.717) is 10.8 Å². The molecule has 0 atom stereocenters. The molecule has 0 unspecified atom stereocenters. The van der Waals surface area contributed by atoms with E-state index < -0.39 is 0 Å². The Hall–Kier alpha value is -1.73. The largest absolute Gasteiger partial charge is 0.332 e. The summed E-state index contributed by atoms with van der Waals surface area (Å²) in [4.78, 5) is 30.9. The van der Waals surface area contributed by atoms with Crippen molar-refractivity contribution in [1.29, 1.82) is 0 Å². The van der Waals surface area contributed by atoms with Crippen molar-refractivity contribution in [1.82, 2.24) is 9.88 Å². The van der Waals surface area contributed by atoms with Gasteiger partial charge >= 0.3 is 0 Å². The van der Waals surface area contributed by atoms with Crippen molar-refractivity contribution in [2.45, 2.75) is 25.7 Å². The molecule has 1 N–H and O–H groups in total. The van der Waals surface area contributed by atoms with Gasteiger partial charge in [0.25, 0.3) is 5.91 Å². The van der Waals surface area contributed by atoms with E-state index >= 15 is 0 Å². The number of thiazole rings is 1. The Labute approximate surface area is 153 Å². The first-order valence-electron chi connectivity index (χ1n) is 7.71. The second kappa shape index (κ2) is 7.03. The zero-order chi connectivity index (χ0) is 17.3. The molecule has 5 nitrogen and oxygen atoms in total. The van der Waals surface area contributed by atoms with Gasteiger partial charge < -0.3 is 10.2 Å². The zero-order valence-electron chi connectivity index (χ0n) is 13.5. The van der Waals surface area contributed by atoms with Gasteiger partial charge in [-0.3, -0.25) is 9.59 Å². The molecule has 0 radical (unpaired) electrons. The van der Waals surface area contributed by atoms with Crippen molar-refractivity contribution in [2.75, 3.05) is 18.9 Å². The topological polar surface area (TPSA) is 62.3 Å². The van der Waals surface area contributed by atoms with Gasteiger partial charge in [0.05, 0.1) is 17.7 Å². The van der Waals surface area contributed by atoms with Crippen LogP contribution in [0, 0.1) is 6.92 Å². The second-order valence-electron chi connectivity index (χ2n) is 6.01. The van der Waals surface area contributed by atoms with Crippen LogP contribution in [-0.4, -0.2) is 35.3 Å². The minimum atomic E-state index is -0.219. The standard InChI is InChI=1S/C17H18BrN3O2S/c1-10-7-12(18)5-6-13(10)20-15(22)9-21(2)17(23)14-8-19-16(24-14)11-3-4-11/h5-8,11H,3-4,9H2,1-2H3,(H,20,22). The van der Waals surface area contributed by atoms with E-state index in [-0.39, 0.29) is 18.4 Å². The molecule has 1 aliphatic carbocycles. The molecule has 1 fully saturated rings. The zero-order valence-corrected chi connectivity index (χ0v) is 15.9. The van der Waals surface area contributed by atoms with Crippen molar-refractivity contribution in [3.63, 3.8) is 0 Å². The third-order valence-corrected chi connectivity index (χ3v) is 5.49.